The molecule has 1 amide bonds. The zero-order valence-electron chi connectivity index (χ0n) is 14.0. The number of carbonyl (C=O) groups is 1. The first-order chi connectivity index (χ1) is 13.5. The largest absolute Gasteiger partial charge is 0.454 e. The molecule has 3 aromatic rings. The highest BCUT2D eigenvalue weighted by atomic mass is 19.2. The molecule has 1 aliphatic heterocycles. The number of aromatic nitrogens is 2. The lowest BCUT2D eigenvalue weighted by molar-refractivity contribution is 0.102. The van der Waals surface area contributed by atoms with Crippen LogP contribution in [0.25, 0.3) is 0 Å². The summed E-state index contributed by atoms with van der Waals surface area (Å²) in [5, 5.41) is 5.10. The number of nitrogens with zero attached hydrogens (tertiary/aromatic N) is 2. The van der Waals surface area contributed by atoms with Gasteiger partial charge in [0, 0.05) is 11.8 Å². The second-order valence-corrected chi connectivity index (χ2v) is 5.66. The molecule has 0 atom stereocenters. The standard InChI is InChI=1S/C18H11F3N4O3/c19-10-2-3-11(17(21)16(10)20)25-15-7-22-12(6-23-15)18(26)24-9-1-4-13-14(5-9)28-8-27-13/h1-7H,8H2,(H,23,25)(H,24,26). The maximum atomic E-state index is 13.7. The molecule has 0 bridgehead atoms. The summed E-state index contributed by atoms with van der Waals surface area (Å²) >= 11 is 0. The van der Waals surface area contributed by atoms with Crippen molar-refractivity contribution >= 4 is 23.1 Å². The summed E-state index contributed by atoms with van der Waals surface area (Å²) in [6.45, 7) is 0.116. The first-order valence-electron chi connectivity index (χ1n) is 7.95. The molecule has 28 heavy (non-hydrogen) atoms. The Balaban J connectivity index is 1.45. The Kier molecular flexibility index (Phi) is 4.44. The Bertz CT molecular complexity index is 1060. The van der Waals surface area contributed by atoms with Crippen molar-refractivity contribution in [1.82, 2.24) is 9.97 Å². The number of amides is 1. The lowest BCUT2D eigenvalue weighted by Gasteiger charge is -2.08. The van der Waals surface area contributed by atoms with E-state index in [1.165, 1.54) is 0 Å². The number of ether oxygens (including phenoxy) is 2. The molecule has 0 radical (unpaired) electrons. The van der Waals surface area contributed by atoms with Crippen molar-refractivity contribution in [2.45, 2.75) is 0 Å². The van der Waals surface area contributed by atoms with Gasteiger partial charge in [0.2, 0.25) is 6.79 Å². The van der Waals surface area contributed by atoms with Crippen molar-refractivity contribution in [3.8, 4) is 11.5 Å². The van der Waals surface area contributed by atoms with E-state index in [-0.39, 0.29) is 24.0 Å². The van der Waals surface area contributed by atoms with Crippen LogP contribution in [0.1, 0.15) is 10.5 Å². The van der Waals surface area contributed by atoms with Crippen molar-refractivity contribution in [3.63, 3.8) is 0 Å². The number of hydrogen-bond acceptors (Lipinski definition) is 6. The van der Waals surface area contributed by atoms with Crippen LogP contribution in [-0.4, -0.2) is 22.7 Å². The lowest BCUT2D eigenvalue weighted by atomic mass is 10.2. The van der Waals surface area contributed by atoms with Crippen molar-refractivity contribution in [1.29, 1.82) is 0 Å². The van der Waals surface area contributed by atoms with Crippen molar-refractivity contribution < 1.29 is 27.4 Å². The third-order valence-corrected chi connectivity index (χ3v) is 3.81. The van der Waals surface area contributed by atoms with Gasteiger partial charge in [0.15, 0.2) is 29.0 Å². The number of fused-ring (bicyclic) bond motifs is 1. The van der Waals surface area contributed by atoms with Crippen LogP contribution in [0.4, 0.5) is 30.4 Å². The minimum Gasteiger partial charge on any atom is -0.454 e. The SMILES string of the molecule is O=C(Nc1ccc2c(c1)OCO2)c1cnc(Nc2ccc(F)c(F)c2F)cn1. The summed E-state index contributed by atoms with van der Waals surface area (Å²) in [5.74, 6) is -3.68. The van der Waals surface area contributed by atoms with Gasteiger partial charge in [-0.25, -0.2) is 23.1 Å². The maximum absolute atomic E-state index is 13.7. The van der Waals surface area contributed by atoms with E-state index in [1.54, 1.807) is 18.2 Å². The van der Waals surface area contributed by atoms with Crippen LogP contribution < -0.4 is 20.1 Å². The monoisotopic (exact) mass is 388 g/mol. The normalized spacial score (nSPS) is 12.0. The molecule has 0 spiro atoms. The van der Waals surface area contributed by atoms with Gasteiger partial charge in [0.1, 0.15) is 11.5 Å². The fourth-order valence-corrected chi connectivity index (χ4v) is 2.44. The molecule has 0 saturated heterocycles. The highest BCUT2D eigenvalue weighted by Gasteiger charge is 2.16. The van der Waals surface area contributed by atoms with Crippen LogP contribution >= 0.6 is 0 Å². The van der Waals surface area contributed by atoms with E-state index < -0.39 is 23.4 Å². The minimum absolute atomic E-state index is 0.00558. The highest BCUT2D eigenvalue weighted by molar-refractivity contribution is 6.02. The molecule has 0 saturated carbocycles. The molecule has 10 heteroatoms. The molecular formula is C18H11F3N4O3. The van der Waals surface area contributed by atoms with Crippen molar-refractivity contribution in [2.24, 2.45) is 0 Å². The second-order valence-electron chi connectivity index (χ2n) is 5.66. The van der Waals surface area contributed by atoms with Crippen molar-refractivity contribution in [3.05, 3.63) is 65.9 Å². The maximum Gasteiger partial charge on any atom is 0.275 e. The lowest BCUT2D eigenvalue weighted by Crippen LogP contribution is -2.14. The van der Waals surface area contributed by atoms with E-state index in [2.05, 4.69) is 20.6 Å². The Labute approximate surface area is 156 Å². The predicted molar refractivity (Wildman–Crippen MR) is 92.1 cm³/mol. The van der Waals surface area contributed by atoms with Crippen LogP contribution in [0.5, 0.6) is 11.5 Å². The van der Waals surface area contributed by atoms with Gasteiger partial charge in [-0.15, -0.1) is 0 Å². The number of benzene rings is 2. The number of hydrogen-bond donors (Lipinski definition) is 2. The zero-order chi connectivity index (χ0) is 19.7. The van der Waals surface area contributed by atoms with Crippen molar-refractivity contribution in [2.75, 3.05) is 17.4 Å². The molecule has 2 N–H and O–H groups in total. The van der Waals surface area contributed by atoms with E-state index in [4.69, 9.17) is 9.47 Å². The number of nitrogens with one attached hydrogen (secondary N) is 2. The molecule has 2 aromatic carbocycles. The summed E-state index contributed by atoms with van der Waals surface area (Å²) < 4.78 is 50.3. The van der Waals surface area contributed by atoms with E-state index >= 15 is 0 Å². The number of carbonyl (C=O) groups excluding carboxylic acids is 1. The van der Waals surface area contributed by atoms with Crippen LogP contribution in [0, 0.1) is 17.5 Å². The predicted octanol–water partition coefficient (Wildman–Crippen LogP) is 3.62. The van der Waals surface area contributed by atoms with E-state index in [1.807, 2.05) is 0 Å². The first kappa shape index (κ1) is 17.6. The summed E-state index contributed by atoms with van der Waals surface area (Å²) in [6.07, 6.45) is 2.32. The highest BCUT2D eigenvalue weighted by Crippen LogP contribution is 2.34. The van der Waals surface area contributed by atoms with Gasteiger partial charge in [-0.05, 0) is 24.3 Å². The molecule has 0 unspecified atom stereocenters. The summed E-state index contributed by atoms with van der Waals surface area (Å²) in [6, 6.07) is 6.71. The van der Waals surface area contributed by atoms with Gasteiger partial charge < -0.3 is 20.1 Å². The van der Waals surface area contributed by atoms with Gasteiger partial charge in [-0.1, -0.05) is 0 Å². The Morgan fingerprint density at radius 3 is 2.57 bits per heavy atom. The molecule has 4 rings (SSSR count). The zero-order valence-corrected chi connectivity index (χ0v) is 14.0. The van der Waals surface area contributed by atoms with Gasteiger partial charge in [0.25, 0.3) is 5.91 Å². The molecule has 0 aliphatic carbocycles. The second kappa shape index (κ2) is 7.06. The van der Waals surface area contributed by atoms with E-state index in [9.17, 15) is 18.0 Å². The number of halogens is 3. The third-order valence-electron chi connectivity index (χ3n) is 3.81. The van der Waals surface area contributed by atoms with Gasteiger partial charge in [-0.2, -0.15) is 0 Å². The molecule has 1 aliphatic rings. The molecular weight excluding hydrogens is 377 g/mol. The fourth-order valence-electron chi connectivity index (χ4n) is 2.44. The smallest absolute Gasteiger partial charge is 0.275 e. The summed E-state index contributed by atoms with van der Waals surface area (Å²) in [7, 11) is 0. The number of anilines is 3. The van der Waals surface area contributed by atoms with Gasteiger partial charge in [0.05, 0.1) is 18.1 Å². The molecule has 142 valence electrons. The van der Waals surface area contributed by atoms with Crippen LogP contribution in [0.3, 0.4) is 0 Å². The quantitative estimate of drug-likeness (QED) is 0.664. The van der Waals surface area contributed by atoms with Crippen LogP contribution in [0.2, 0.25) is 0 Å². The first-order valence-corrected chi connectivity index (χ1v) is 7.95. The molecule has 0 fully saturated rings. The van der Waals surface area contributed by atoms with E-state index in [0.29, 0.717) is 17.2 Å². The van der Waals surface area contributed by atoms with Gasteiger partial charge >= 0.3 is 0 Å². The molecule has 2 heterocycles. The van der Waals surface area contributed by atoms with Crippen LogP contribution in [0.15, 0.2) is 42.7 Å². The average molecular weight is 388 g/mol. The Morgan fingerprint density at radius 1 is 0.964 bits per heavy atom. The third kappa shape index (κ3) is 3.39. The van der Waals surface area contributed by atoms with Crippen LogP contribution in [-0.2, 0) is 0 Å². The minimum atomic E-state index is -1.60. The molecule has 1 aromatic heterocycles. The molecule has 7 nitrogen and oxygen atoms in total. The van der Waals surface area contributed by atoms with Gasteiger partial charge in [-0.3, -0.25) is 4.79 Å². The van der Waals surface area contributed by atoms with E-state index in [0.717, 1.165) is 24.5 Å². The Hall–Kier alpha value is -3.82. The number of rotatable bonds is 4. The summed E-state index contributed by atoms with van der Waals surface area (Å²) in [4.78, 5) is 20.1. The fraction of sp³-hybridized carbons (Fsp3) is 0.0556. The summed E-state index contributed by atoms with van der Waals surface area (Å²) in [5.41, 5.74) is 0.154. The average Bonchev–Trinajstić information content (AvgIpc) is 3.17. The topological polar surface area (TPSA) is 85.4 Å². The Morgan fingerprint density at radius 2 is 1.79 bits per heavy atom.